The molecule has 2 aliphatic rings. The molecule has 12 nitrogen and oxygen atoms in total. The number of aromatic nitrogens is 3. The Kier molecular flexibility index (Phi) is 8.86. The van der Waals surface area contributed by atoms with Crippen LogP contribution in [-0.2, 0) is 16.0 Å². The van der Waals surface area contributed by atoms with Crippen molar-refractivity contribution in [1.29, 1.82) is 0 Å². The first-order chi connectivity index (χ1) is 19.2. The maximum Gasteiger partial charge on any atom is 0.281 e. The number of rotatable bonds is 11. The Hall–Kier alpha value is -3.74. The standard InChI is InChI=1S/C27H35N7O5/c1-36-15-9-28-22-7-4-19(18-30-22)26(35)32-27-31-23-20(25-29-8-11-34(25)27)5-6-21(24(23)37-2)39-14-3-10-33-12-16-38-17-13-33/h4-7,18,29H,3,8-17H2,1-2H3,(H,28,30). The SMILES string of the molecule is COCCNc1ccc(C(=O)N=c2nc3c(OC)c(OCCCN4CCOCC4)ccc3c3n2CCN3)cn1. The summed E-state index contributed by atoms with van der Waals surface area (Å²) in [6.07, 6.45) is 2.40. The summed E-state index contributed by atoms with van der Waals surface area (Å²) in [5.41, 5.74) is 1.27. The molecular formula is C27H35N7O5. The molecule has 12 heteroatoms. The number of hydrogen-bond donors (Lipinski definition) is 2. The summed E-state index contributed by atoms with van der Waals surface area (Å²) in [5, 5.41) is 7.41. The lowest BCUT2D eigenvalue weighted by atomic mass is 10.2. The molecule has 2 aliphatic heterocycles. The second-order valence-electron chi connectivity index (χ2n) is 9.26. The van der Waals surface area contributed by atoms with Gasteiger partial charge < -0.3 is 29.6 Å². The zero-order valence-corrected chi connectivity index (χ0v) is 22.4. The van der Waals surface area contributed by atoms with Crippen LogP contribution in [0.2, 0.25) is 0 Å². The summed E-state index contributed by atoms with van der Waals surface area (Å²) in [6, 6.07) is 7.32. The molecule has 1 aromatic carbocycles. The van der Waals surface area contributed by atoms with E-state index in [2.05, 4.69) is 25.5 Å². The number of carbonyl (C=O) groups excluding carboxylic acids is 1. The summed E-state index contributed by atoms with van der Waals surface area (Å²) >= 11 is 0. The number of methoxy groups -OCH3 is 2. The third kappa shape index (κ3) is 6.29. The van der Waals surface area contributed by atoms with Crippen LogP contribution in [-0.4, -0.2) is 98.7 Å². The molecule has 3 aromatic rings. The lowest BCUT2D eigenvalue weighted by molar-refractivity contribution is 0.0357. The Morgan fingerprint density at radius 3 is 2.79 bits per heavy atom. The quantitative estimate of drug-likeness (QED) is 0.350. The number of carbonyl (C=O) groups is 1. The summed E-state index contributed by atoms with van der Waals surface area (Å²) in [5.74, 6) is 2.22. The molecule has 2 aromatic heterocycles. The fourth-order valence-corrected chi connectivity index (χ4v) is 4.70. The van der Waals surface area contributed by atoms with E-state index in [1.54, 1.807) is 26.4 Å². The van der Waals surface area contributed by atoms with E-state index in [1.165, 1.54) is 6.20 Å². The van der Waals surface area contributed by atoms with E-state index in [0.29, 0.717) is 66.9 Å². The van der Waals surface area contributed by atoms with Gasteiger partial charge in [-0.2, -0.15) is 4.99 Å². The Balaban J connectivity index is 1.38. The number of anilines is 2. The molecule has 0 atom stereocenters. The van der Waals surface area contributed by atoms with E-state index < -0.39 is 5.91 Å². The third-order valence-electron chi connectivity index (χ3n) is 6.71. The van der Waals surface area contributed by atoms with Crippen LogP contribution in [0.15, 0.2) is 35.5 Å². The van der Waals surface area contributed by atoms with Crippen molar-refractivity contribution >= 4 is 28.4 Å². The highest BCUT2D eigenvalue weighted by atomic mass is 16.5. The molecule has 0 bridgehead atoms. The van der Waals surface area contributed by atoms with Gasteiger partial charge in [0.1, 0.15) is 17.2 Å². The van der Waals surface area contributed by atoms with Gasteiger partial charge in [-0.05, 0) is 30.7 Å². The predicted octanol–water partition coefficient (Wildman–Crippen LogP) is 1.77. The monoisotopic (exact) mass is 537 g/mol. The molecule has 0 spiro atoms. The molecule has 0 radical (unpaired) electrons. The molecule has 39 heavy (non-hydrogen) atoms. The summed E-state index contributed by atoms with van der Waals surface area (Å²) in [4.78, 5) is 28.9. The van der Waals surface area contributed by atoms with Crippen molar-refractivity contribution in [2.45, 2.75) is 13.0 Å². The van der Waals surface area contributed by atoms with Gasteiger partial charge in [-0.3, -0.25) is 14.3 Å². The number of nitrogens with one attached hydrogen (secondary N) is 2. The Morgan fingerprint density at radius 2 is 2.03 bits per heavy atom. The van der Waals surface area contributed by atoms with E-state index in [0.717, 1.165) is 50.5 Å². The second-order valence-corrected chi connectivity index (χ2v) is 9.26. The van der Waals surface area contributed by atoms with Crippen LogP contribution < -0.4 is 25.7 Å². The van der Waals surface area contributed by atoms with Crippen molar-refractivity contribution in [2.75, 3.05) is 84.0 Å². The topological polar surface area (TPSA) is 124 Å². The predicted molar refractivity (Wildman–Crippen MR) is 147 cm³/mol. The van der Waals surface area contributed by atoms with Gasteiger partial charge in [-0.1, -0.05) is 0 Å². The molecule has 0 unspecified atom stereocenters. The fourth-order valence-electron chi connectivity index (χ4n) is 4.70. The minimum absolute atomic E-state index is 0.303. The van der Waals surface area contributed by atoms with Gasteiger partial charge in [0.2, 0.25) is 5.62 Å². The molecule has 1 amide bonds. The minimum Gasteiger partial charge on any atom is -0.491 e. The van der Waals surface area contributed by atoms with Crippen molar-refractivity contribution < 1.29 is 23.7 Å². The minimum atomic E-state index is -0.422. The average molecular weight is 538 g/mol. The number of benzene rings is 1. The van der Waals surface area contributed by atoms with Gasteiger partial charge in [0.15, 0.2) is 11.5 Å². The molecule has 0 saturated carbocycles. The van der Waals surface area contributed by atoms with Crippen molar-refractivity contribution in [3.05, 3.63) is 41.6 Å². The first-order valence-corrected chi connectivity index (χ1v) is 13.2. The second kappa shape index (κ2) is 12.9. The van der Waals surface area contributed by atoms with Crippen molar-refractivity contribution in [2.24, 2.45) is 4.99 Å². The third-order valence-corrected chi connectivity index (χ3v) is 6.71. The molecule has 5 rings (SSSR count). The Morgan fingerprint density at radius 1 is 1.15 bits per heavy atom. The molecule has 0 aliphatic carbocycles. The van der Waals surface area contributed by atoms with Gasteiger partial charge >= 0.3 is 0 Å². The van der Waals surface area contributed by atoms with Crippen LogP contribution >= 0.6 is 0 Å². The van der Waals surface area contributed by atoms with Crippen LogP contribution in [0, 0.1) is 0 Å². The number of ether oxygens (including phenoxy) is 4. The zero-order valence-electron chi connectivity index (χ0n) is 22.4. The number of nitrogens with zero attached hydrogens (tertiary/aromatic N) is 5. The first kappa shape index (κ1) is 26.9. The number of hydrogen-bond acceptors (Lipinski definition) is 10. The summed E-state index contributed by atoms with van der Waals surface area (Å²) in [7, 11) is 3.24. The van der Waals surface area contributed by atoms with Gasteiger partial charge in [0.25, 0.3) is 5.91 Å². The van der Waals surface area contributed by atoms with E-state index in [1.807, 2.05) is 16.7 Å². The molecule has 208 valence electrons. The zero-order chi connectivity index (χ0) is 27.0. The smallest absolute Gasteiger partial charge is 0.281 e. The highest BCUT2D eigenvalue weighted by molar-refractivity contribution is 5.96. The number of fused-ring (bicyclic) bond motifs is 3. The Labute approximate surface area is 227 Å². The molecule has 4 heterocycles. The lowest BCUT2D eigenvalue weighted by Gasteiger charge is -2.26. The molecule has 1 saturated heterocycles. The normalized spacial score (nSPS) is 15.7. The van der Waals surface area contributed by atoms with Crippen LogP contribution in [0.3, 0.4) is 0 Å². The van der Waals surface area contributed by atoms with Crippen LogP contribution in [0.1, 0.15) is 16.8 Å². The largest absolute Gasteiger partial charge is 0.491 e. The van der Waals surface area contributed by atoms with Crippen LogP contribution in [0.4, 0.5) is 11.6 Å². The van der Waals surface area contributed by atoms with Gasteiger partial charge in [0, 0.05) is 58.0 Å². The number of morpholine rings is 1. The first-order valence-electron chi connectivity index (χ1n) is 13.2. The number of amides is 1. The summed E-state index contributed by atoms with van der Waals surface area (Å²) in [6.45, 7) is 7.52. The lowest BCUT2D eigenvalue weighted by Crippen LogP contribution is -2.37. The molecule has 2 N–H and O–H groups in total. The average Bonchev–Trinajstić information content (AvgIpc) is 3.47. The maximum absolute atomic E-state index is 13.1. The van der Waals surface area contributed by atoms with Crippen molar-refractivity contribution in [3.63, 3.8) is 0 Å². The molecule has 1 fully saturated rings. The highest BCUT2D eigenvalue weighted by Gasteiger charge is 2.21. The van der Waals surface area contributed by atoms with Gasteiger partial charge in [-0.25, -0.2) is 9.97 Å². The van der Waals surface area contributed by atoms with Crippen LogP contribution in [0.25, 0.3) is 10.9 Å². The van der Waals surface area contributed by atoms with E-state index in [-0.39, 0.29) is 0 Å². The van der Waals surface area contributed by atoms with E-state index in [9.17, 15) is 4.79 Å². The van der Waals surface area contributed by atoms with Gasteiger partial charge in [0.05, 0.1) is 39.1 Å². The van der Waals surface area contributed by atoms with E-state index >= 15 is 0 Å². The van der Waals surface area contributed by atoms with Gasteiger partial charge in [-0.15, -0.1) is 0 Å². The number of pyridine rings is 1. The van der Waals surface area contributed by atoms with Crippen molar-refractivity contribution in [1.82, 2.24) is 19.4 Å². The summed E-state index contributed by atoms with van der Waals surface area (Å²) < 4.78 is 24.2. The molecular weight excluding hydrogens is 502 g/mol. The van der Waals surface area contributed by atoms with E-state index in [4.69, 9.17) is 23.9 Å². The Bertz CT molecular complexity index is 1350. The van der Waals surface area contributed by atoms with Crippen LogP contribution in [0.5, 0.6) is 11.5 Å². The van der Waals surface area contributed by atoms with Crippen molar-refractivity contribution in [3.8, 4) is 11.5 Å². The highest BCUT2D eigenvalue weighted by Crippen LogP contribution is 2.37. The maximum atomic E-state index is 13.1. The fraction of sp³-hybridized carbons (Fsp3) is 0.481.